The van der Waals surface area contributed by atoms with E-state index in [2.05, 4.69) is 10.00 Å². The molecule has 0 atom stereocenters. The Morgan fingerprint density at radius 2 is 1.96 bits per heavy atom. The van der Waals surface area contributed by atoms with Crippen molar-refractivity contribution in [2.24, 2.45) is 0 Å². The maximum atomic E-state index is 12.1. The molecule has 0 bridgehead atoms. The smallest absolute Gasteiger partial charge is 0.410 e. The molecule has 9 heteroatoms. The van der Waals surface area contributed by atoms with Crippen molar-refractivity contribution in [3.8, 4) is 0 Å². The number of nitro groups is 1. The second-order valence-electron chi connectivity index (χ2n) is 7.37. The third-order valence-electron chi connectivity index (χ3n) is 4.20. The number of piperazine rings is 1. The number of carbonyl (C=O) groups excluding carboxylic acids is 1. The molecule has 0 unspecified atom stereocenters. The second-order valence-corrected chi connectivity index (χ2v) is 7.37. The highest BCUT2D eigenvalue weighted by atomic mass is 16.6. The Bertz CT molecular complexity index is 818. The lowest BCUT2D eigenvalue weighted by Crippen LogP contribution is -2.50. The first kappa shape index (κ1) is 18.1. The number of nitrogens with zero attached hydrogens (tertiary/aromatic N) is 5. The number of ether oxygens (including phenoxy) is 1. The molecule has 9 nitrogen and oxygen atoms in total. The molecule has 1 saturated heterocycles. The van der Waals surface area contributed by atoms with Crippen molar-refractivity contribution < 1.29 is 14.5 Å². The van der Waals surface area contributed by atoms with Crippen LogP contribution in [0.25, 0.3) is 10.9 Å². The Hall–Kier alpha value is -2.68. The Morgan fingerprint density at radius 3 is 2.58 bits per heavy atom. The summed E-state index contributed by atoms with van der Waals surface area (Å²) in [5.74, 6) is 0. The minimum atomic E-state index is -0.503. The molecular weight excluding hydrogens is 338 g/mol. The quantitative estimate of drug-likeness (QED) is 0.616. The number of benzene rings is 1. The fourth-order valence-corrected chi connectivity index (χ4v) is 2.87. The summed E-state index contributed by atoms with van der Waals surface area (Å²) < 4.78 is 7.15. The molecule has 1 fully saturated rings. The van der Waals surface area contributed by atoms with Crippen molar-refractivity contribution in [1.29, 1.82) is 0 Å². The van der Waals surface area contributed by atoms with Crippen LogP contribution in [0.1, 0.15) is 20.8 Å². The van der Waals surface area contributed by atoms with E-state index in [0.29, 0.717) is 32.8 Å². The first-order chi connectivity index (χ1) is 12.2. The van der Waals surface area contributed by atoms with E-state index in [1.54, 1.807) is 27.9 Å². The van der Waals surface area contributed by atoms with E-state index in [-0.39, 0.29) is 11.8 Å². The van der Waals surface area contributed by atoms with Crippen molar-refractivity contribution in [2.45, 2.75) is 33.0 Å². The summed E-state index contributed by atoms with van der Waals surface area (Å²) in [6.07, 6.45) is 1.41. The van der Waals surface area contributed by atoms with E-state index < -0.39 is 10.5 Å². The summed E-state index contributed by atoms with van der Waals surface area (Å²) in [5.41, 5.74) is 0.277. The van der Waals surface area contributed by atoms with Crippen LogP contribution in [0.5, 0.6) is 0 Å². The number of carbonyl (C=O) groups is 1. The number of amides is 1. The average molecular weight is 361 g/mol. The van der Waals surface area contributed by atoms with Gasteiger partial charge in [-0.2, -0.15) is 5.10 Å². The largest absolute Gasteiger partial charge is 0.444 e. The van der Waals surface area contributed by atoms with Crippen LogP contribution < -0.4 is 0 Å². The van der Waals surface area contributed by atoms with Gasteiger partial charge >= 0.3 is 6.09 Å². The Morgan fingerprint density at radius 1 is 1.27 bits per heavy atom. The normalized spacial score (nSPS) is 16.0. The van der Waals surface area contributed by atoms with Gasteiger partial charge < -0.3 is 9.64 Å². The number of non-ortho nitro benzene ring substituents is 1. The first-order valence-corrected chi connectivity index (χ1v) is 8.53. The van der Waals surface area contributed by atoms with Crippen LogP contribution in [0, 0.1) is 10.1 Å². The Kier molecular flexibility index (Phi) is 4.82. The van der Waals surface area contributed by atoms with Crippen molar-refractivity contribution in [3.63, 3.8) is 0 Å². The Labute approximate surface area is 151 Å². The van der Waals surface area contributed by atoms with Crippen molar-refractivity contribution in [3.05, 3.63) is 34.5 Å². The maximum absolute atomic E-state index is 12.1. The zero-order valence-corrected chi connectivity index (χ0v) is 15.2. The standard InChI is InChI=1S/C17H23N5O4/c1-17(2,3)26-16(23)20-8-6-19(7-9-20)12-21-15-10-14(22(24)25)5-4-13(15)11-18-21/h4-5,10-11H,6-9,12H2,1-3H3. The van der Waals surface area contributed by atoms with Crippen molar-refractivity contribution in [1.82, 2.24) is 19.6 Å². The van der Waals surface area contributed by atoms with Gasteiger partial charge in [-0.25, -0.2) is 4.79 Å². The molecule has 1 aliphatic rings. The summed E-state index contributed by atoms with van der Waals surface area (Å²) in [6, 6.07) is 4.73. The van der Waals surface area contributed by atoms with Crippen molar-refractivity contribution >= 4 is 22.7 Å². The lowest BCUT2D eigenvalue weighted by molar-refractivity contribution is -0.384. The van der Waals surface area contributed by atoms with Crippen LogP contribution in [0.2, 0.25) is 0 Å². The molecule has 0 N–H and O–H groups in total. The highest BCUT2D eigenvalue weighted by Gasteiger charge is 2.26. The number of rotatable bonds is 3. The van der Waals surface area contributed by atoms with Gasteiger partial charge in [-0.05, 0) is 26.8 Å². The van der Waals surface area contributed by atoms with Gasteiger partial charge in [0.2, 0.25) is 0 Å². The molecule has 1 amide bonds. The van der Waals surface area contributed by atoms with Gasteiger partial charge in [-0.15, -0.1) is 0 Å². The van der Waals surface area contributed by atoms with E-state index in [4.69, 9.17) is 4.74 Å². The molecule has 2 aromatic rings. The zero-order chi connectivity index (χ0) is 18.9. The van der Waals surface area contributed by atoms with E-state index in [1.807, 2.05) is 20.8 Å². The molecule has 26 heavy (non-hydrogen) atoms. The van der Waals surface area contributed by atoms with Gasteiger partial charge in [0, 0.05) is 43.7 Å². The minimum Gasteiger partial charge on any atom is -0.444 e. The molecule has 3 rings (SSSR count). The van der Waals surface area contributed by atoms with Crippen molar-refractivity contribution in [2.75, 3.05) is 26.2 Å². The number of hydrogen-bond donors (Lipinski definition) is 0. The van der Waals surface area contributed by atoms with Gasteiger partial charge in [0.15, 0.2) is 0 Å². The van der Waals surface area contributed by atoms with E-state index in [1.165, 1.54) is 6.07 Å². The van der Waals surface area contributed by atoms with Crippen LogP contribution in [0.3, 0.4) is 0 Å². The van der Waals surface area contributed by atoms with E-state index >= 15 is 0 Å². The predicted octanol–water partition coefficient (Wildman–Crippen LogP) is 2.45. The molecule has 0 saturated carbocycles. The first-order valence-electron chi connectivity index (χ1n) is 8.53. The molecule has 2 heterocycles. The van der Waals surface area contributed by atoms with Crippen LogP contribution in [0.4, 0.5) is 10.5 Å². The maximum Gasteiger partial charge on any atom is 0.410 e. The third kappa shape index (κ3) is 4.10. The van der Waals surface area contributed by atoms with Crippen LogP contribution in [-0.2, 0) is 11.4 Å². The highest BCUT2D eigenvalue weighted by Crippen LogP contribution is 2.21. The molecule has 1 aliphatic heterocycles. The lowest BCUT2D eigenvalue weighted by atomic mass is 10.2. The lowest BCUT2D eigenvalue weighted by Gasteiger charge is -2.35. The minimum absolute atomic E-state index is 0.0500. The van der Waals surface area contributed by atoms with Crippen LogP contribution >= 0.6 is 0 Å². The predicted molar refractivity (Wildman–Crippen MR) is 95.8 cm³/mol. The number of fused-ring (bicyclic) bond motifs is 1. The molecule has 0 spiro atoms. The second kappa shape index (κ2) is 6.91. The Balaban J connectivity index is 1.63. The van der Waals surface area contributed by atoms with Crippen LogP contribution in [-0.4, -0.2) is 62.4 Å². The fraction of sp³-hybridized carbons (Fsp3) is 0.529. The van der Waals surface area contributed by atoms with E-state index in [0.717, 1.165) is 10.9 Å². The van der Waals surface area contributed by atoms with Gasteiger partial charge in [0.25, 0.3) is 5.69 Å². The van der Waals surface area contributed by atoms with Gasteiger partial charge in [-0.1, -0.05) is 0 Å². The summed E-state index contributed by atoms with van der Waals surface area (Å²) in [5, 5.41) is 16.2. The monoisotopic (exact) mass is 361 g/mol. The zero-order valence-electron chi connectivity index (χ0n) is 15.2. The summed E-state index contributed by atoms with van der Waals surface area (Å²) in [4.78, 5) is 26.6. The molecule has 0 aliphatic carbocycles. The highest BCUT2D eigenvalue weighted by molar-refractivity contribution is 5.80. The molecule has 140 valence electrons. The van der Waals surface area contributed by atoms with Gasteiger partial charge in [0.05, 0.1) is 23.3 Å². The molecule has 1 aromatic carbocycles. The topological polar surface area (TPSA) is 93.7 Å². The SMILES string of the molecule is CC(C)(C)OC(=O)N1CCN(Cn2ncc3ccc([N+](=O)[O-])cc32)CC1. The fourth-order valence-electron chi connectivity index (χ4n) is 2.87. The summed E-state index contributed by atoms with van der Waals surface area (Å²) in [7, 11) is 0. The molecule has 0 radical (unpaired) electrons. The number of nitro benzene ring substituents is 1. The van der Waals surface area contributed by atoms with Crippen LogP contribution in [0.15, 0.2) is 24.4 Å². The molecular formula is C17H23N5O4. The average Bonchev–Trinajstić information content (AvgIpc) is 2.96. The number of hydrogen-bond acceptors (Lipinski definition) is 6. The summed E-state index contributed by atoms with van der Waals surface area (Å²) in [6.45, 7) is 8.61. The number of aromatic nitrogens is 2. The third-order valence-corrected chi connectivity index (χ3v) is 4.20. The molecule has 1 aromatic heterocycles. The van der Waals surface area contributed by atoms with E-state index in [9.17, 15) is 14.9 Å². The summed E-state index contributed by atoms with van der Waals surface area (Å²) >= 11 is 0. The van der Waals surface area contributed by atoms with Gasteiger partial charge in [-0.3, -0.25) is 19.7 Å². The van der Waals surface area contributed by atoms with Gasteiger partial charge in [0.1, 0.15) is 5.60 Å².